The van der Waals surface area contributed by atoms with Crippen LogP contribution in [-0.4, -0.2) is 66.3 Å². The average molecular weight is 519 g/mol. The standard InChI is InChI=1S/C25H25F4N5O3/c1-13-11-34(12-14(2)33(13)3)21-8-19(26)16(15-4-5-22(35)30-9-15)6-20(21)32-24(37)17-10-31-23(36)7-18(17)25(27,28)29/h4-10,13-14,17H,11-12H2,1-3H3,(H,30,35)(H,32,37)/t13-,14+,17?. The first-order chi connectivity index (χ1) is 17.3. The highest BCUT2D eigenvalue weighted by atomic mass is 19.4. The number of H-pyrrole nitrogens is 1. The molecule has 2 amide bonds. The third-order valence-corrected chi connectivity index (χ3v) is 6.71. The quantitative estimate of drug-likeness (QED) is 0.604. The highest BCUT2D eigenvalue weighted by Crippen LogP contribution is 2.37. The molecule has 1 fully saturated rings. The fraction of sp³-hybridized carbons (Fsp3) is 0.360. The van der Waals surface area contributed by atoms with Crippen LogP contribution in [0.1, 0.15) is 13.8 Å². The zero-order chi connectivity index (χ0) is 27.1. The normalized spacial score (nSPS) is 22.7. The maximum atomic E-state index is 15.3. The molecule has 8 nitrogen and oxygen atoms in total. The van der Waals surface area contributed by atoms with E-state index in [0.717, 1.165) is 0 Å². The molecule has 3 atom stereocenters. The lowest BCUT2D eigenvalue weighted by Crippen LogP contribution is -2.55. The fourth-order valence-electron chi connectivity index (χ4n) is 4.49. The minimum atomic E-state index is -4.93. The first-order valence-corrected chi connectivity index (χ1v) is 11.5. The van der Waals surface area contributed by atoms with Crippen LogP contribution in [0.25, 0.3) is 11.1 Å². The van der Waals surface area contributed by atoms with E-state index in [-0.39, 0.29) is 23.3 Å². The number of nitrogens with zero attached hydrogens (tertiary/aromatic N) is 3. The summed E-state index contributed by atoms with van der Waals surface area (Å²) in [5.41, 5.74) is -1.01. The summed E-state index contributed by atoms with van der Waals surface area (Å²) in [6.45, 7) is 4.94. The van der Waals surface area contributed by atoms with Crippen molar-refractivity contribution < 1.29 is 27.2 Å². The molecule has 0 radical (unpaired) electrons. The van der Waals surface area contributed by atoms with Gasteiger partial charge >= 0.3 is 6.18 Å². The van der Waals surface area contributed by atoms with Crippen molar-refractivity contribution in [1.82, 2.24) is 9.88 Å². The summed E-state index contributed by atoms with van der Waals surface area (Å²) in [6.07, 6.45) is -2.67. The predicted octanol–water partition coefficient (Wildman–Crippen LogP) is 3.36. The number of nitrogens with one attached hydrogen (secondary N) is 2. The molecule has 2 N–H and O–H groups in total. The number of pyridine rings is 1. The van der Waals surface area contributed by atoms with E-state index in [1.54, 1.807) is 0 Å². The van der Waals surface area contributed by atoms with Crippen LogP contribution in [0.2, 0.25) is 0 Å². The van der Waals surface area contributed by atoms with Crippen molar-refractivity contribution >= 4 is 29.4 Å². The molecule has 2 aliphatic heterocycles. The summed E-state index contributed by atoms with van der Waals surface area (Å²) in [5, 5.41) is 2.51. The number of hydrogen-bond acceptors (Lipinski definition) is 5. The maximum Gasteiger partial charge on any atom is 0.414 e. The second-order valence-corrected chi connectivity index (χ2v) is 9.24. The van der Waals surface area contributed by atoms with Crippen molar-refractivity contribution in [3.05, 3.63) is 58.3 Å². The van der Waals surface area contributed by atoms with E-state index < -0.39 is 40.9 Å². The maximum absolute atomic E-state index is 15.3. The number of dihydropyridines is 1. The Morgan fingerprint density at radius 3 is 2.41 bits per heavy atom. The first kappa shape index (κ1) is 26.3. The summed E-state index contributed by atoms with van der Waals surface area (Å²) in [4.78, 5) is 45.9. The zero-order valence-corrected chi connectivity index (χ0v) is 20.3. The molecule has 12 heteroatoms. The smallest absolute Gasteiger partial charge is 0.367 e. The number of aromatic nitrogens is 1. The lowest BCUT2D eigenvalue weighted by Gasteiger charge is -2.44. The van der Waals surface area contributed by atoms with E-state index in [1.807, 2.05) is 25.8 Å². The SMILES string of the molecule is C[C@@H]1CN(c2cc(F)c(-c3ccc(=O)[nH]c3)cc2NC(=O)C2C=NC(=O)C=C2C(F)(F)F)C[C@H](C)N1C. The highest BCUT2D eigenvalue weighted by molar-refractivity contribution is 6.11. The number of aromatic amines is 1. The molecular weight excluding hydrogens is 494 g/mol. The van der Waals surface area contributed by atoms with Crippen molar-refractivity contribution in [1.29, 1.82) is 0 Å². The molecule has 196 valence electrons. The molecule has 3 heterocycles. The number of likely N-dealkylation sites (N-methyl/N-ethyl adjacent to an activating group) is 1. The number of halogens is 4. The number of amides is 2. The van der Waals surface area contributed by atoms with Gasteiger partial charge in [-0.3, -0.25) is 19.3 Å². The van der Waals surface area contributed by atoms with E-state index in [4.69, 9.17) is 0 Å². The van der Waals surface area contributed by atoms with Crippen LogP contribution in [0, 0.1) is 11.7 Å². The van der Waals surface area contributed by atoms with Gasteiger partial charge in [0.1, 0.15) is 11.7 Å². The lowest BCUT2D eigenvalue weighted by atomic mass is 9.95. The summed E-state index contributed by atoms with van der Waals surface area (Å²) >= 11 is 0. The number of anilines is 2. The predicted molar refractivity (Wildman–Crippen MR) is 131 cm³/mol. The molecule has 0 aliphatic carbocycles. The monoisotopic (exact) mass is 519 g/mol. The van der Waals surface area contributed by atoms with Crippen LogP contribution in [0.15, 0.2) is 51.9 Å². The lowest BCUT2D eigenvalue weighted by molar-refractivity contribution is -0.124. The summed E-state index contributed by atoms with van der Waals surface area (Å²) in [7, 11) is 1.96. The van der Waals surface area contributed by atoms with Crippen LogP contribution >= 0.6 is 0 Å². The Morgan fingerprint density at radius 1 is 1.14 bits per heavy atom. The number of rotatable bonds is 4. The molecule has 2 aliphatic rings. The number of carbonyl (C=O) groups is 2. The topological polar surface area (TPSA) is 97.9 Å². The Bertz CT molecular complexity index is 1320. The molecule has 0 saturated carbocycles. The molecule has 1 aromatic carbocycles. The molecule has 0 spiro atoms. The Balaban J connectivity index is 1.77. The first-order valence-electron chi connectivity index (χ1n) is 11.5. The van der Waals surface area contributed by atoms with Crippen molar-refractivity contribution in [2.45, 2.75) is 32.1 Å². The highest BCUT2D eigenvalue weighted by Gasteiger charge is 2.43. The Kier molecular flexibility index (Phi) is 7.05. The van der Waals surface area contributed by atoms with Gasteiger partial charge in [0.15, 0.2) is 0 Å². The molecule has 37 heavy (non-hydrogen) atoms. The molecule has 0 bridgehead atoms. The largest absolute Gasteiger partial charge is 0.414 e. The van der Waals surface area contributed by atoms with Crippen LogP contribution in [0.3, 0.4) is 0 Å². The fourth-order valence-corrected chi connectivity index (χ4v) is 4.49. The molecule has 1 unspecified atom stereocenters. The molecule has 2 aromatic rings. The van der Waals surface area contributed by atoms with E-state index in [9.17, 15) is 27.6 Å². The van der Waals surface area contributed by atoms with Gasteiger partial charge < -0.3 is 15.2 Å². The van der Waals surface area contributed by atoms with E-state index in [0.29, 0.717) is 36.6 Å². The van der Waals surface area contributed by atoms with Gasteiger partial charge in [0.25, 0.3) is 5.91 Å². The van der Waals surface area contributed by atoms with Crippen molar-refractivity contribution in [3.63, 3.8) is 0 Å². The van der Waals surface area contributed by atoms with Gasteiger partial charge in [0, 0.05) is 60.9 Å². The second-order valence-electron chi connectivity index (χ2n) is 9.24. The average Bonchev–Trinajstić information content (AvgIpc) is 2.83. The summed E-state index contributed by atoms with van der Waals surface area (Å²) in [5.74, 6) is -4.69. The van der Waals surface area contributed by atoms with E-state index >= 15 is 4.39 Å². The number of piperazine rings is 1. The van der Waals surface area contributed by atoms with Crippen LogP contribution in [-0.2, 0) is 9.59 Å². The molecular formula is C25H25F4N5O3. The number of benzene rings is 1. The van der Waals surface area contributed by atoms with Crippen LogP contribution in [0.4, 0.5) is 28.9 Å². The third kappa shape index (κ3) is 5.48. The number of alkyl halides is 3. The van der Waals surface area contributed by atoms with Crippen LogP contribution < -0.4 is 15.8 Å². The number of hydrogen-bond donors (Lipinski definition) is 2. The van der Waals surface area contributed by atoms with Crippen LogP contribution in [0.5, 0.6) is 0 Å². The minimum absolute atomic E-state index is 0.0320. The molecule has 1 saturated heterocycles. The summed E-state index contributed by atoms with van der Waals surface area (Å²) < 4.78 is 56.1. The Hall–Kier alpha value is -3.80. The van der Waals surface area contributed by atoms with Crippen molar-refractivity contribution in [3.8, 4) is 11.1 Å². The second kappa shape index (κ2) is 9.92. The van der Waals surface area contributed by atoms with Gasteiger partial charge in [-0.05, 0) is 39.1 Å². The van der Waals surface area contributed by atoms with Gasteiger partial charge in [0.2, 0.25) is 11.5 Å². The van der Waals surface area contributed by atoms with Crippen molar-refractivity contribution in [2.75, 3.05) is 30.4 Å². The minimum Gasteiger partial charge on any atom is -0.367 e. The van der Waals surface area contributed by atoms with Crippen molar-refractivity contribution in [2.24, 2.45) is 10.9 Å². The van der Waals surface area contributed by atoms with Gasteiger partial charge in [-0.2, -0.15) is 13.2 Å². The van der Waals surface area contributed by atoms with Gasteiger partial charge in [-0.1, -0.05) is 0 Å². The molecule has 4 rings (SSSR count). The molecule has 1 aromatic heterocycles. The Morgan fingerprint density at radius 2 is 1.81 bits per heavy atom. The summed E-state index contributed by atoms with van der Waals surface area (Å²) in [6, 6.07) is 5.30. The third-order valence-electron chi connectivity index (χ3n) is 6.71. The zero-order valence-electron chi connectivity index (χ0n) is 20.3. The Labute approximate surface area is 209 Å². The van der Waals surface area contributed by atoms with Gasteiger partial charge in [-0.25, -0.2) is 9.38 Å². The number of carbonyl (C=O) groups excluding carboxylic acids is 2. The number of aliphatic imine (C=N–C) groups is 1. The van der Waals surface area contributed by atoms with Gasteiger partial charge in [-0.15, -0.1) is 0 Å². The van der Waals surface area contributed by atoms with E-state index in [1.165, 1.54) is 30.5 Å². The van der Waals surface area contributed by atoms with E-state index in [2.05, 4.69) is 20.2 Å². The van der Waals surface area contributed by atoms with Gasteiger partial charge in [0.05, 0.1) is 16.9 Å².